The average Bonchev–Trinajstić information content (AvgIpc) is 1.63. The summed E-state index contributed by atoms with van der Waals surface area (Å²) >= 11 is 20.8. The fraction of sp³-hybridized carbons (Fsp3) is 1.00. The van der Waals surface area contributed by atoms with Crippen LogP contribution in [0.5, 0.6) is 0 Å². The van der Waals surface area contributed by atoms with Crippen molar-refractivity contribution in [2.24, 2.45) is 0 Å². The van der Waals surface area contributed by atoms with Crippen molar-refractivity contribution in [2.45, 2.75) is 3.79 Å². The molecular formula is C3H4Cl4O2. The predicted molar refractivity (Wildman–Crippen MR) is 38.0 cm³/mol. The Bertz CT molecular complexity index is 70.7. The van der Waals surface area contributed by atoms with E-state index in [-0.39, 0.29) is 12.7 Å². The fourth-order valence-electron chi connectivity index (χ4n) is 0.140. The average molecular weight is 214 g/mol. The molecular weight excluding hydrogens is 210 g/mol. The highest BCUT2D eigenvalue weighted by Crippen LogP contribution is 2.25. The first-order valence-corrected chi connectivity index (χ1v) is 3.60. The molecule has 0 heterocycles. The molecule has 0 aliphatic carbocycles. The largest absolute Gasteiger partial charge is 0.231 e. The molecule has 0 amide bonds. The van der Waals surface area contributed by atoms with Crippen molar-refractivity contribution in [3.05, 3.63) is 0 Å². The van der Waals surface area contributed by atoms with Gasteiger partial charge in [-0.1, -0.05) is 46.4 Å². The van der Waals surface area contributed by atoms with Crippen molar-refractivity contribution in [3.8, 4) is 0 Å². The first-order valence-electron chi connectivity index (χ1n) is 1.93. The van der Waals surface area contributed by atoms with Gasteiger partial charge in [-0.3, -0.25) is 0 Å². The molecule has 2 nitrogen and oxygen atoms in total. The lowest BCUT2D eigenvalue weighted by Crippen LogP contribution is -2.12. The molecule has 6 heteroatoms. The van der Waals surface area contributed by atoms with Crippen LogP contribution in [0.3, 0.4) is 0 Å². The van der Waals surface area contributed by atoms with Crippen LogP contribution in [0, 0.1) is 0 Å². The number of alkyl halides is 4. The normalized spacial score (nSPS) is 12.0. The van der Waals surface area contributed by atoms with E-state index in [4.69, 9.17) is 46.4 Å². The van der Waals surface area contributed by atoms with E-state index >= 15 is 0 Å². The van der Waals surface area contributed by atoms with Gasteiger partial charge >= 0.3 is 0 Å². The van der Waals surface area contributed by atoms with Gasteiger partial charge in [-0.25, -0.2) is 9.78 Å². The molecule has 0 rings (SSSR count). The molecule has 0 unspecified atom stereocenters. The SMILES string of the molecule is ClCOOCC(Cl)(Cl)Cl. The molecule has 0 radical (unpaired) electrons. The van der Waals surface area contributed by atoms with Gasteiger partial charge in [0.25, 0.3) is 0 Å². The summed E-state index contributed by atoms with van der Waals surface area (Å²) < 4.78 is -1.44. The zero-order valence-corrected chi connectivity index (χ0v) is 7.27. The number of halogens is 4. The quantitative estimate of drug-likeness (QED) is 0.311. The van der Waals surface area contributed by atoms with Gasteiger partial charge < -0.3 is 0 Å². The molecule has 0 aromatic heterocycles. The monoisotopic (exact) mass is 212 g/mol. The zero-order valence-electron chi connectivity index (χ0n) is 4.24. The minimum atomic E-state index is -1.44. The van der Waals surface area contributed by atoms with Gasteiger partial charge in [0.1, 0.15) is 6.61 Å². The van der Waals surface area contributed by atoms with E-state index in [2.05, 4.69) is 9.78 Å². The summed E-state index contributed by atoms with van der Waals surface area (Å²) in [6.07, 6.45) is 0. The lowest BCUT2D eigenvalue weighted by molar-refractivity contribution is -0.279. The molecule has 0 fully saturated rings. The van der Waals surface area contributed by atoms with Gasteiger partial charge in [-0.2, -0.15) is 0 Å². The van der Waals surface area contributed by atoms with Crippen molar-refractivity contribution in [1.82, 2.24) is 0 Å². The molecule has 0 saturated heterocycles. The molecule has 0 bridgehead atoms. The van der Waals surface area contributed by atoms with Crippen LogP contribution in [0.15, 0.2) is 0 Å². The van der Waals surface area contributed by atoms with Crippen LogP contribution in [0.25, 0.3) is 0 Å². The predicted octanol–water partition coefficient (Wildman–Crippen LogP) is 2.50. The fourth-order valence-corrected chi connectivity index (χ4v) is 0.337. The third-order valence-electron chi connectivity index (χ3n) is 0.350. The van der Waals surface area contributed by atoms with Crippen molar-refractivity contribution in [3.63, 3.8) is 0 Å². The Kier molecular flexibility index (Phi) is 5.41. The summed E-state index contributed by atoms with van der Waals surface area (Å²) in [5.74, 6) is 0. The van der Waals surface area contributed by atoms with E-state index in [9.17, 15) is 0 Å². The number of hydrogen-bond acceptors (Lipinski definition) is 2. The molecule has 56 valence electrons. The summed E-state index contributed by atoms with van der Waals surface area (Å²) in [6.45, 7) is -0.135. The molecule has 0 aliphatic rings. The maximum absolute atomic E-state index is 5.25. The Morgan fingerprint density at radius 1 is 1.11 bits per heavy atom. The van der Waals surface area contributed by atoms with Gasteiger partial charge in [-0.05, 0) is 0 Å². The maximum atomic E-state index is 5.25. The second-order valence-corrected chi connectivity index (χ2v) is 3.84. The summed E-state index contributed by atoms with van der Waals surface area (Å²) in [5, 5.41) is 0. The van der Waals surface area contributed by atoms with Gasteiger partial charge in [0.15, 0.2) is 6.07 Å². The van der Waals surface area contributed by atoms with Crippen LogP contribution in [-0.4, -0.2) is 16.5 Å². The van der Waals surface area contributed by atoms with Crippen LogP contribution in [-0.2, 0) is 9.78 Å². The Labute approximate surface area is 72.8 Å². The topological polar surface area (TPSA) is 18.5 Å². The second-order valence-electron chi connectivity index (χ2n) is 1.10. The van der Waals surface area contributed by atoms with Crippen molar-refractivity contribution >= 4 is 46.4 Å². The van der Waals surface area contributed by atoms with Crippen LogP contribution in [0.4, 0.5) is 0 Å². The highest BCUT2D eigenvalue weighted by molar-refractivity contribution is 6.67. The van der Waals surface area contributed by atoms with E-state index in [1.54, 1.807) is 0 Å². The third-order valence-corrected chi connectivity index (χ3v) is 0.767. The lowest BCUT2D eigenvalue weighted by Gasteiger charge is -2.08. The highest BCUT2D eigenvalue weighted by Gasteiger charge is 2.19. The smallest absolute Gasteiger partial charge is 0.216 e. The van der Waals surface area contributed by atoms with Crippen molar-refractivity contribution in [2.75, 3.05) is 12.7 Å². The van der Waals surface area contributed by atoms with E-state index < -0.39 is 3.79 Å². The zero-order chi connectivity index (χ0) is 7.33. The maximum Gasteiger partial charge on any atom is 0.216 e. The minimum absolute atomic E-state index is 0.0826. The third kappa shape index (κ3) is 9.08. The van der Waals surface area contributed by atoms with E-state index in [1.807, 2.05) is 0 Å². The Morgan fingerprint density at radius 2 is 1.67 bits per heavy atom. The van der Waals surface area contributed by atoms with Gasteiger partial charge in [0, 0.05) is 0 Å². The van der Waals surface area contributed by atoms with Crippen LogP contribution in [0.1, 0.15) is 0 Å². The molecule has 0 saturated carbocycles. The number of hydrogen-bond donors (Lipinski definition) is 0. The molecule has 0 N–H and O–H groups in total. The first kappa shape index (κ1) is 10.1. The molecule has 0 atom stereocenters. The standard InChI is InChI=1S/C3H4Cl4O2/c4-2-9-8-1-3(5,6)7/h1-2H2. The minimum Gasteiger partial charge on any atom is -0.231 e. The molecule has 0 aromatic carbocycles. The van der Waals surface area contributed by atoms with E-state index in [0.717, 1.165) is 0 Å². The summed E-state index contributed by atoms with van der Waals surface area (Å²) in [6, 6.07) is -0.0826. The lowest BCUT2D eigenvalue weighted by atomic mass is 10.8. The molecule has 9 heavy (non-hydrogen) atoms. The summed E-state index contributed by atoms with van der Waals surface area (Å²) in [4.78, 5) is 8.54. The second kappa shape index (κ2) is 4.83. The van der Waals surface area contributed by atoms with Crippen molar-refractivity contribution in [1.29, 1.82) is 0 Å². The van der Waals surface area contributed by atoms with Crippen LogP contribution < -0.4 is 0 Å². The molecule has 0 spiro atoms. The Morgan fingerprint density at radius 3 is 2.00 bits per heavy atom. The molecule has 0 aromatic rings. The van der Waals surface area contributed by atoms with Gasteiger partial charge in [0.05, 0.1) is 0 Å². The number of rotatable bonds is 3. The molecule has 0 aliphatic heterocycles. The summed E-state index contributed by atoms with van der Waals surface area (Å²) in [5.41, 5.74) is 0. The Hall–Kier alpha value is 1.08. The van der Waals surface area contributed by atoms with E-state index in [0.29, 0.717) is 0 Å². The Balaban J connectivity index is 3.07. The van der Waals surface area contributed by atoms with E-state index in [1.165, 1.54) is 0 Å². The summed E-state index contributed by atoms with van der Waals surface area (Å²) in [7, 11) is 0. The van der Waals surface area contributed by atoms with Gasteiger partial charge in [0.2, 0.25) is 3.79 Å². The van der Waals surface area contributed by atoms with Crippen LogP contribution >= 0.6 is 46.4 Å². The first-order chi connectivity index (χ1) is 4.06. The highest BCUT2D eigenvalue weighted by atomic mass is 35.6. The van der Waals surface area contributed by atoms with Gasteiger partial charge in [-0.15, -0.1) is 0 Å². The van der Waals surface area contributed by atoms with Crippen molar-refractivity contribution < 1.29 is 9.78 Å². The van der Waals surface area contributed by atoms with Crippen LogP contribution in [0.2, 0.25) is 0 Å².